The summed E-state index contributed by atoms with van der Waals surface area (Å²) in [6.45, 7) is 1.63. The molecule has 0 fully saturated rings. The molecule has 2 aromatic heterocycles. The summed E-state index contributed by atoms with van der Waals surface area (Å²) >= 11 is 14.8. The number of thiazole rings is 1. The van der Waals surface area contributed by atoms with Crippen molar-refractivity contribution in [3.63, 3.8) is 0 Å². The number of nitrogens with one attached hydrogen (secondary N) is 2. The highest BCUT2D eigenvalue weighted by molar-refractivity contribution is 7.15. The highest BCUT2D eigenvalue weighted by Crippen LogP contribution is 2.27. The van der Waals surface area contributed by atoms with Gasteiger partial charge in [-0.25, -0.2) is 4.98 Å². The average Bonchev–Trinajstić information content (AvgIpc) is 3.29. The van der Waals surface area contributed by atoms with E-state index in [0.717, 1.165) is 10.4 Å². The van der Waals surface area contributed by atoms with Gasteiger partial charge in [-0.05, 0) is 36.1 Å². The minimum atomic E-state index is -0.683. The summed E-state index contributed by atoms with van der Waals surface area (Å²) in [5, 5.41) is 8.84. The lowest BCUT2D eigenvalue weighted by atomic mass is 10.1. The van der Waals surface area contributed by atoms with E-state index < -0.39 is 6.04 Å². The quantitative estimate of drug-likeness (QED) is 0.575. The Morgan fingerprint density at radius 3 is 2.78 bits per heavy atom. The maximum absolute atomic E-state index is 12.3. The summed E-state index contributed by atoms with van der Waals surface area (Å²) in [6, 6.07) is 8.15. The Morgan fingerprint density at radius 2 is 2.07 bits per heavy atom. The standard InChI is InChI=1S/C18H15Cl2N3O2S2/c1-10(22-17(25)15-3-2-6-26-15)16(24)23-18-21-9-13(27-18)7-11-4-5-12(19)8-14(11)20/h2-6,8-10H,7H2,1H3,(H,22,25)(H,21,23,24). The third-order valence-corrected chi connectivity index (χ3v) is 6.02. The molecule has 0 aliphatic heterocycles. The number of carbonyl (C=O) groups excluding carboxylic acids is 2. The summed E-state index contributed by atoms with van der Waals surface area (Å²) in [4.78, 5) is 30.0. The van der Waals surface area contributed by atoms with Gasteiger partial charge in [0.15, 0.2) is 5.13 Å². The van der Waals surface area contributed by atoms with Gasteiger partial charge < -0.3 is 10.6 Å². The zero-order chi connectivity index (χ0) is 19.4. The molecule has 9 heteroatoms. The van der Waals surface area contributed by atoms with Crippen LogP contribution in [-0.2, 0) is 11.2 Å². The average molecular weight is 440 g/mol. The molecule has 0 saturated carbocycles. The minimum absolute atomic E-state index is 0.273. The van der Waals surface area contributed by atoms with Gasteiger partial charge >= 0.3 is 0 Å². The summed E-state index contributed by atoms with van der Waals surface area (Å²) < 4.78 is 0. The number of nitrogens with zero attached hydrogens (tertiary/aromatic N) is 1. The van der Waals surface area contributed by atoms with E-state index in [9.17, 15) is 9.59 Å². The molecule has 3 aromatic rings. The van der Waals surface area contributed by atoms with Crippen molar-refractivity contribution in [1.82, 2.24) is 10.3 Å². The molecule has 1 unspecified atom stereocenters. The molecule has 2 heterocycles. The number of hydrogen-bond acceptors (Lipinski definition) is 5. The third-order valence-electron chi connectivity index (χ3n) is 3.65. The Kier molecular flexibility index (Phi) is 6.49. The van der Waals surface area contributed by atoms with Crippen molar-refractivity contribution >= 4 is 62.8 Å². The van der Waals surface area contributed by atoms with Crippen LogP contribution in [0.15, 0.2) is 41.9 Å². The van der Waals surface area contributed by atoms with E-state index in [4.69, 9.17) is 23.2 Å². The fourth-order valence-corrected chi connectivity index (χ4v) is 4.20. The zero-order valence-corrected chi connectivity index (χ0v) is 17.3. The Morgan fingerprint density at radius 1 is 1.26 bits per heavy atom. The molecule has 0 bridgehead atoms. The van der Waals surface area contributed by atoms with E-state index in [1.807, 2.05) is 11.4 Å². The highest BCUT2D eigenvalue weighted by Gasteiger charge is 2.18. The number of benzene rings is 1. The number of thiophene rings is 1. The second-order valence-electron chi connectivity index (χ2n) is 5.71. The lowest BCUT2D eigenvalue weighted by Crippen LogP contribution is -2.41. The maximum Gasteiger partial charge on any atom is 0.261 e. The summed E-state index contributed by atoms with van der Waals surface area (Å²) in [5.74, 6) is -0.602. The predicted octanol–water partition coefficient (Wildman–Crippen LogP) is 4.86. The Bertz CT molecular complexity index is 957. The van der Waals surface area contributed by atoms with Gasteiger partial charge in [-0.3, -0.25) is 9.59 Å². The van der Waals surface area contributed by atoms with E-state index >= 15 is 0 Å². The molecule has 1 atom stereocenters. The molecular weight excluding hydrogens is 425 g/mol. The Labute approximate surface area is 174 Å². The second kappa shape index (κ2) is 8.84. The molecule has 0 radical (unpaired) electrons. The molecule has 0 aliphatic rings. The molecular formula is C18H15Cl2N3O2S2. The van der Waals surface area contributed by atoms with E-state index in [2.05, 4.69) is 15.6 Å². The van der Waals surface area contributed by atoms with Gasteiger partial charge in [0, 0.05) is 27.5 Å². The van der Waals surface area contributed by atoms with Crippen molar-refractivity contribution in [3.05, 3.63) is 67.3 Å². The van der Waals surface area contributed by atoms with Crippen LogP contribution in [0.2, 0.25) is 10.0 Å². The van der Waals surface area contributed by atoms with Crippen molar-refractivity contribution in [3.8, 4) is 0 Å². The lowest BCUT2D eigenvalue weighted by molar-refractivity contribution is -0.117. The zero-order valence-electron chi connectivity index (χ0n) is 14.2. The SMILES string of the molecule is CC(NC(=O)c1cccs1)C(=O)Nc1ncc(Cc2ccc(Cl)cc2Cl)s1. The topological polar surface area (TPSA) is 71.1 Å². The predicted molar refractivity (Wildman–Crippen MR) is 111 cm³/mol. The summed E-state index contributed by atoms with van der Waals surface area (Å²) in [7, 11) is 0. The monoisotopic (exact) mass is 439 g/mol. The van der Waals surface area contributed by atoms with Crippen LogP contribution >= 0.6 is 45.9 Å². The van der Waals surface area contributed by atoms with Crippen LogP contribution in [0.4, 0.5) is 5.13 Å². The second-order valence-corrected chi connectivity index (χ2v) is 8.61. The number of hydrogen-bond donors (Lipinski definition) is 2. The molecule has 140 valence electrons. The first-order valence-corrected chi connectivity index (χ1v) is 10.4. The first-order valence-electron chi connectivity index (χ1n) is 7.96. The van der Waals surface area contributed by atoms with Crippen molar-refractivity contribution in [2.24, 2.45) is 0 Å². The first-order chi connectivity index (χ1) is 12.9. The van der Waals surface area contributed by atoms with Crippen LogP contribution < -0.4 is 10.6 Å². The number of rotatable bonds is 6. The molecule has 2 N–H and O–H groups in total. The van der Waals surface area contributed by atoms with E-state index in [1.54, 1.807) is 37.4 Å². The smallest absolute Gasteiger partial charge is 0.261 e. The van der Waals surface area contributed by atoms with Gasteiger partial charge in [-0.2, -0.15) is 0 Å². The first kappa shape index (κ1) is 19.8. The highest BCUT2D eigenvalue weighted by atomic mass is 35.5. The molecule has 3 rings (SSSR count). The van der Waals surface area contributed by atoms with Crippen LogP contribution in [0.5, 0.6) is 0 Å². The molecule has 0 saturated heterocycles. The van der Waals surface area contributed by atoms with Gasteiger partial charge in [0.05, 0.1) is 4.88 Å². The van der Waals surface area contributed by atoms with E-state index in [-0.39, 0.29) is 11.8 Å². The third kappa shape index (κ3) is 5.29. The summed E-state index contributed by atoms with van der Waals surface area (Å²) in [6.07, 6.45) is 2.29. The number of carbonyl (C=O) groups is 2. The van der Waals surface area contributed by atoms with Crippen LogP contribution in [0.25, 0.3) is 0 Å². The van der Waals surface area contributed by atoms with E-state index in [0.29, 0.717) is 26.5 Å². The number of halogens is 2. The van der Waals surface area contributed by atoms with Gasteiger partial charge in [0.1, 0.15) is 6.04 Å². The van der Waals surface area contributed by atoms with Crippen molar-refractivity contribution in [1.29, 1.82) is 0 Å². The number of anilines is 1. The molecule has 2 amide bonds. The Balaban J connectivity index is 1.58. The van der Waals surface area contributed by atoms with E-state index in [1.165, 1.54) is 22.7 Å². The number of amides is 2. The largest absolute Gasteiger partial charge is 0.340 e. The summed E-state index contributed by atoms with van der Waals surface area (Å²) in [5.41, 5.74) is 0.930. The molecule has 27 heavy (non-hydrogen) atoms. The molecule has 0 aliphatic carbocycles. The minimum Gasteiger partial charge on any atom is -0.340 e. The molecule has 1 aromatic carbocycles. The van der Waals surface area contributed by atoms with Crippen LogP contribution in [-0.4, -0.2) is 22.8 Å². The molecule has 5 nitrogen and oxygen atoms in total. The van der Waals surface area contributed by atoms with Crippen molar-refractivity contribution in [2.45, 2.75) is 19.4 Å². The molecule has 0 spiro atoms. The Hall–Kier alpha value is -1.93. The van der Waals surface area contributed by atoms with Gasteiger partial charge in [-0.15, -0.1) is 22.7 Å². The normalized spacial score (nSPS) is 11.8. The van der Waals surface area contributed by atoms with Crippen LogP contribution in [0.1, 0.15) is 27.0 Å². The van der Waals surface area contributed by atoms with Crippen LogP contribution in [0, 0.1) is 0 Å². The fourth-order valence-electron chi connectivity index (χ4n) is 2.25. The van der Waals surface area contributed by atoms with Crippen molar-refractivity contribution in [2.75, 3.05) is 5.32 Å². The van der Waals surface area contributed by atoms with Crippen LogP contribution in [0.3, 0.4) is 0 Å². The maximum atomic E-state index is 12.3. The van der Waals surface area contributed by atoms with Gasteiger partial charge in [0.25, 0.3) is 5.91 Å². The number of aromatic nitrogens is 1. The van der Waals surface area contributed by atoms with Crippen molar-refractivity contribution < 1.29 is 9.59 Å². The lowest BCUT2D eigenvalue weighted by Gasteiger charge is -2.12. The van der Waals surface area contributed by atoms with Gasteiger partial charge in [0.2, 0.25) is 5.91 Å². The fraction of sp³-hybridized carbons (Fsp3) is 0.167. The van der Waals surface area contributed by atoms with Gasteiger partial charge in [-0.1, -0.05) is 35.3 Å².